The number of hydrogen-bond acceptors (Lipinski definition) is 4. The summed E-state index contributed by atoms with van der Waals surface area (Å²) < 4.78 is 5.34. The fraction of sp³-hybridized carbons (Fsp3) is 1.00. The molecule has 1 heterocycles. The molecule has 3 atom stereocenters. The molecule has 0 radical (unpaired) electrons. The Bertz CT molecular complexity index is 267. The summed E-state index contributed by atoms with van der Waals surface area (Å²) in [4.78, 5) is 2.30. The minimum Gasteiger partial charge on any atom is -0.390 e. The highest BCUT2D eigenvalue weighted by Crippen LogP contribution is 2.30. The fourth-order valence-corrected chi connectivity index (χ4v) is 3.64. The van der Waals surface area contributed by atoms with Gasteiger partial charge in [-0.05, 0) is 24.7 Å². The molecule has 4 nitrogen and oxygen atoms in total. The SMILES string of the molecule is CC(C)C1CCCCC1NCC(O)CN1CCOCC1. The van der Waals surface area contributed by atoms with Crippen molar-refractivity contribution >= 4 is 0 Å². The Hall–Kier alpha value is -0.160. The largest absolute Gasteiger partial charge is 0.390 e. The topological polar surface area (TPSA) is 44.7 Å². The second-order valence-electron chi connectivity index (χ2n) is 6.77. The molecule has 1 saturated heterocycles. The van der Waals surface area contributed by atoms with E-state index in [1.54, 1.807) is 0 Å². The molecule has 2 rings (SSSR count). The van der Waals surface area contributed by atoms with Crippen molar-refractivity contribution in [2.24, 2.45) is 11.8 Å². The van der Waals surface area contributed by atoms with Gasteiger partial charge in [-0.2, -0.15) is 0 Å². The zero-order valence-corrected chi connectivity index (χ0v) is 13.2. The molecule has 118 valence electrons. The first kappa shape index (κ1) is 16.2. The molecule has 0 aromatic carbocycles. The van der Waals surface area contributed by atoms with Crippen LogP contribution in [-0.4, -0.2) is 61.5 Å². The molecule has 1 aliphatic heterocycles. The summed E-state index contributed by atoms with van der Waals surface area (Å²) in [7, 11) is 0. The Balaban J connectivity index is 1.69. The molecule has 0 aromatic rings. The minimum absolute atomic E-state index is 0.261. The maximum absolute atomic E-state index is 10.2. The van der Waals surface area contributed by atoms with Crippen LogP contribution < -0.4 is 5.32 Å². The second-order valence-corrected chi connectivity index (χ2v) is 6.77. The predicted molar refractivity (Wildman–Crippen MR) is 81.9 cm³/mol. The lowest BCUT2D eigenvalue weighted by Gasteiger charge is -2.36. The van der Waals surface area contributed by atoms with E-state index in [4.69, 9.17) is 4.74 Å². The molecule has 2 fully saturated rings. The zero-order valence-electron chi connectivity index (χ0n) is 13.2. The standard InChI is InChI=1S/C16H32N2O2/c1-13(2)15-5-3-4-6-16(15)17-11-14(19)12-18-7-9-20-10-8-18/h13-17,19H,3-12H2,1-2H3. The average Bonchev–Trinajstić information content (AvgIpc) is 2.46. The van der Waals surface area contributed by atoms with Crippen LogP contribution in [0, 0.1) is 11.8 Å². The first-order chi connectivity index (χ1) is 9.66. The van der Waals surface area contributed by atoms with Crippen molar-refractivity contribution in [1.82, 2.24) is 10.2 Å². The number of aliphatic hydroxyl groups excluding tert-OH is 1. The normalized spacial score (nSPS) is 30.6. The van der Waals surface area contributed by atoms with Gasteiger partial charge in [0, 0.05) is 32.2 Å². The van der Waals surface area contributed by atoms with Crippen molar-refractivity contribution in [2.75, 3.05) is 39.4 Å². The quantitative estimate of drug-likeness (QED) is 0.775. The van der Waals surface area contributed by atoms with Crippen molar-refractivity contribution in [2.45, 2.75) is 51.7 Å². The van der Waals surface area contributed by atoms with Crippen LogP contribution in [0.4, 0.5) is 0 Å². The number of rotatable bonds is 6. The van der Waals surface area contributed by atoms with Gasteiger partial charge in [-0.1, -0.05) is 26.7 Å². The summed E-state index contributed by atoms with van der Waals surface area (Å²) in [6.07, 6.45) is 5.06. The number of nitrogens with one attached hydrogen (secondary N) is 1. The first-order valence-electron chi connectivity index (χ1n) is 8.38. The number of aliphatic hydroxyl groups is 1. The van der Waals surface area contributed by atoms with Crippen LogP contribution in [0.2, 0.25) is 0 Å². The molecule has 3 unspecified atom stereocenters. The minimum atomic E-state index is -0.261. The molecule has 0 amide bonds. The van der Waals surface area contributed by atoms with Gasteiger partial charge >= 0.3 is 0 Å². The van der Waals surface area contributed by atoms with Gasteiger partial charge in [-0.15, -0.1) is 0 Å². The van der Waals surface area contributed by atoms with Crippen molar-refractivity contribution < 1.29 is 9.84 Å². The summed E-state index contributed by atoms with van der Waals surface area (Å²) in [5.74, 6) is 1.52. The van der Waals surface area contributed by atoms with Crippen LogP contribution in [0.25, 0.3) is 0 Å². The molecule has 0 bridgehead atoms. The maximum atomic E-state index is 10.2. The van der Waals surface area contributed by atoms with Crippen molar-refractivity contribution in [1.29, 1.82) is 0 Å². The predicted octanol–water partition coefficient (Wildman–Crippen LogP) is 1.48. The Morgan fingerprint density at radius 2 is 1.90 bits per heavy atom. The van der Waals surface area contributed by atoms with Crippen LogP contribution >= 0.6 is 0 Å². The monoisotopic (exact) mass is 284 g/mol. The van der Waals surface area contributed by atoms with E-state index in [0.717, 1.165) is 51.2 Å². The third kappa shape index (κ3) is 4.99. The van der Waals surface area contributed by atoms with Gasteiger partial charge in [0.15, 0.2) is 0 Å². The zero-order chi connectivity index (χ0) is 14.4. The van der Waals surface area contributed by atoms with E-state index < -0.39 is 0 Å². The maximum Gasteiger partial charge on any atom is 0.0791 e. The van der Waals surface area contributed by atoms with Gasteiger partial charge < -0.3 is 15.2 Å². The molecule has 1 saturated carbocycles. The molecule has 4 heteroatoms. The number of nitrogens with zero attached hydrogens (tertiary/aromatic N) is 1. The van der Waals surface area contributed by atoms with Crippen LogP contribution in [0.5, 0.6) is 0 Å². The molecular formula is C16H32N2O2. The summed E-state index contributed by atoms with van der Waals surface area (Å²) in [6, 6.07) is 0.600. The number of hydrogen-bond donors (Lipinski definition) is 2. The summed E-state index contributed by atoms with van der Waals surface area (Å²) in [6.45, 7) is 9.67. The van der Waals surface area contributed by atoms with E-state index >= 15 is 0 Å². The second kappa shape index (κ2) is 8.32. The van der Waals surface area contributed by atoms with E-state index in [1.807, 2.05) is 0 Å². The van der Waals surface area contributed by atoms with Crippen LogP contribution in [0.3, 0.4) is 0 Å². The van der Waals surface area contributed by atoms with Crippen molar-refractivity contribution in [3.05, 3.63) is 0 Å². The lowest BCUT2D eigenvalue weighted by atomic mass is 9.78. The van der Waals surface area contributed by atoms with Crippen LogP contribution in [0.15, 0.2) is 0 Å². The molecule has 2 N–H and O–H groups in total. The first-order valence-corrected chi connectivity index (χ1v) is 8.38. The van der Waals surface area contributed by atoms with Crippen LogP contribution in [-0.2, 0) is 4.74 Å². The third-order valence-corrected chi connectivity index (χ3v) is 4.86. The summed E-state index contributed by atoms with van der Waals surface area (Å²) >= 11 is 0. The Labute approximate surface area is 123 Å². The van der Waals surface area contributed by atoms with Gasteiger partial charge in [-0.3, -0.25) is 4.90 Å². The highest BCUT2D eigenvalue weighted by Gasteiger charge is 2.27. The number of morpholine rings is 1. The van der Waals surface area contributed by atoms with E-state index in [-0.39, 0.29) is 6.10 Å². The molecular weight excluding hydrogens is 252 g/mol. The Morgan fingerprint density at radius 1 is 1.20 bits per heavy atom. The van der Waals surface area contributed by atoms with Crippen molar-refractivity contribution in [3.8, 4) is 0 Å². The highest BCUT2D eigenvalue weighted by molar-refractivity contribution is 4.84. The number of β-amino-alcohol motifs (C(OH)–C–C–N with tert-alkyl or cyclic N) is 1. The van der Waals surface area contributed by atoms with E-state index in [2.05, 4.69) is 24.1 Å². The van der Waals surface area contributed by atoms with Crippen LogP contribution in [0.1, 0.15) is 39.5 Å². The van der Waals surface area contributed by atoms with Gasteiger partial charge in [0.1, 0.15) is 0 Å². The van der Waals surface area contributed by atoms with E-state index in [9.17, 15) is 5.11 Å². The molecule has 0 spiro atoms. The van der Waals surface area contributed by atoms with Gasteiger partial charge in [0.2, 0.25) is 0 Å². The lowest BCUT2D eigenvalue weighted by molar-refractivity contribution is 0.0135. The number of ether oxygens (including phenoxy) is 1. The van der Waals surface area contributed by atoms with Crippen molar-refractivity contribution in [3.63, 3.8) is 0 Å². The third-order valence-electron chi connectivity index (χ3n) is 4.86. The van der Waals surface area contributed by atoms with E-state index in [0.29, 0.717) is 6.04 Å². The molecule has 2 aliphatic rings. The Morgan fingerprint density at radius 3 is 2.60 bits per heavy atom. The highest BCUT2D eigenvalue weighted by atomic mass is 16.5. The fourth-order valence-electron chi connectivity index (χ4n) is 3.64. The van der Waals surface area contributed by atoms with Gasteiger partial charge in [0.25, 0.3) is 0 Å². The summed E-state index contributed by atoms with van der Waals surface area (Å²) in [5.41, 5.74) is 0. The lowest BCUT2D eigenvalue weighted by Crippen LogP contribution is -2.48. The van der Waals surface area contributed by atoms with Gasteiger partial charge in [-0.25, -0.2) is 0 Å². The van der Waals surface area contributed by atoms with Gasteiger partial charge in [0.05, 0.1) is 19.3 Å². The smallest absolute Gasteiger partial charge is 0.0791 e. The summed E-state index contributed by atoms with van der Waals surface area (Å²) in [5, 5.41) is 13.8. The molecule has 20 heavy (non-hydrogen) atoms. The molecule has 0 aromatic heterocycles. The Kier molecular flexibility index (Phi) is 6.75. The average molecular weight is 284 g/mol. The molecule has 1 aliphatic carbocycles. The van der Waals surface area contributed by atoms with E-state index in [1.165, 1.54) is 25.7 Å².